The van der Waals surface area contributed by atoms with Crippen LogP contribution in [-0.2, 0) is 13.0 Å². The number of aryl methyl sites for hydroxylation is 1. The van der Waals surface area contributed by atoms with Gasteiger partial charge in [-0.1, -0.05) is 0 Å². The Labute approximate surface area is 110 Å². The van der Waals surface area contributed by atoms with Crippen molar-refractivity contribution in [1.29, 1.82) is 0 Å². The molecule has 0 fully saturated rings. The minimum Gasteiger partial charge on any atom is -0.478 e. The van der Waals surface area contributed by atoms with Crippen molar-refractivity contribution < 1.29 is 13.9 Å². The first-order chi connectivity index (χ1) is 9.33. The molecule has 1 N–H and O–H groups in total. The zero-order valence-electron chi connectivity index (χ0n) is 10.5. The molecule has 0 bridgehead atoms. The van der Waals surface area contributed by atoms with Crippen molar-refractivity contribution in [1.82, 2.24) is 15.1 Å². The molecule has 0 aromatic carbocycles. The van der Waals surface area contributed by atoms with Crippen LogP contribution in [0.2, 0.25) is 0 Å². The average molecular weight is 261 g/mol. The first-order valence-corrected chi connectivity index (χ1v) is 6.34. The van der Waals surface area contributed by atoms with Crippen molar-refractivity contribution in [2.24, 2.45) is 0 Å². The van der Waals surface area contributed by atoms with Gasteiger partial charge in [-0.05, 0) is 12.1 Å². The molecule has 6 nitrogen and oxygen atoms in total. The minimum absolute atomic E-state index is 0.183. The molecular formula is C13H15N3O3. The van der Waals surface area contributed by atoms with E-state index in [1.807, 2.05) is 12.1 Å². The zero-order chi connectivity index (χ0) is 13.1. The average Bonchev–Trinajstić information content (AvgIpc) is 3.07. The molecule has 100 valence electrons. The van der Waals surface area contributed by atoms with Gasteiger partial charge in [0, 0.05) is 32.0 Å². The number of nitrogens with zero attached hydrogens (tertiary/aromatic N) is 2. The lowest BCUT2D eigenvalue weighted by Crippen LogP contribution is -2.26. The van der Waals surface area contributed by atoms with Gasteiger partial charge < -0.3 is 14.5 Å². The molecule has 1 aliphatic rings. The van der Waals surface area contributed by atoms with Crippen LogP contribution in [0.5, 0.6) is 5.88 Å². The molecule has 0 saturated carbocycles. The van der Waals surface area contributed by atoms with Crippen molar-refractivity contribution >= 4 is 5.91 Å². The van der Waals surface area contributed by atoms with Gasteiger partial charge in [-0.2, -0.15) is 5.10 Å². The fourth-order valence-electron chi connectivity index (χ4n) is 2.02. The Morgan fingerprint density at radius 1 is 1.53 bits per heavy atom. The summed E-state index contributed by atoms with van der Waals surface area (Å²) in [5.41, 5.74) is 0.399. The third kappa shape index (κ3) is 2.62. The molecule has 6 heteroatoms. The summed E-state index contributed by atoms with van der Waals surface area (Å²) in [5.74, 6) is 1.34. The van der Waals surface area contributed by atoms with Crippen molar-refractivity contribution in [3.8, 4) is 5.88 Å². The molecule has 2 aromatic heterocycles. The number of furan rings is 1. The van der Waals surface area contributed by atoms with E-state index in [1.54, 1.807) is 17.0 Å². The van der Waals surface area contributed by atoms with Gasteiger partial charge in [0.25, 0.3) is 5.91 Å². The number of carbonyl (C=O) groups excluding carboxylic acids is 1. The number of nitrogens with one attached hydrogen (secondary N) is 1. The lowest BCUT2D eigenvalue weighted by Gasteiger charge is -2.13. The van der Waals surface area contributed by atoms with Crippen LogP contribution in [0.4, 0.5) is 0 Å². The maximum atomic E-state index is 11.9. The predicted octanol–water partition coefficient (Wildman–Crippen LogP) is 1.23. The van der Waals surface area contributed by atoms with E-state index in [0.717, 1.165) is 18.7 Å². The van der Waals surface area contributed by atoms with E-state index in [9.17, 15) is 4.79 Å². The molecule has 0 atom stereocenters. The Hall–Kier alpha value is -2.24. The first kappa shape index (κ1) is 11.8. The maximum absolute atomic E-state index is 11.9. The predicted molar refractivity (Wildman–Crippen MR) is 67.1 cm³/mol. The van der Waals surface area contributed by atoms with E-state index in [1.165, 1.54) is 0 Å². The van der Waals surface area contributed by atoms with Crippen LogP contribution in [0.25, 0.3) is 0 Å². The zero-order valence-corrected chi connectivity index (χ0v) is 10.5. The second-order valence-electron chi connectivity index (χ2n) is 4.38. The molecule has 0 radical (unpaired) electrons. The van der Waals surface area contributed by atoms with E-state index in [-0.39, 0.29) is 5.91 Å². The van der Waals surface area contributed by atoms with E-state index in [2.05, 4.69) is 10.4 Å². The fraction of sp³-hybridized carbons (Fsp3) is 0.385. The van der Waals surface area contributed by atoms with Crippen LogP contribution in [-0.4, -0.2) is 28.8 Å². The Morgan fingerprint density at radius 3 is 3.26 bits per heavy atom. The van der Waals surface area contributed by atoms with Crippen LogP contribution < -0.4 is 10.1 Å². The summed E-state index contributed by atoms with van der Waals surface area (Å²) >= 11 is 0. The van der Waals surface area contributed by atoms with Crippen LogP contribution in [0, 0.1) is 0 Å². The summed E-state index contributed by atoms with van der Waals surface area (Å²) < 4.78 is 12.3. The molecule has 3 heterocycles. The summed E-state index contributed by atoms with van der Waals surface area (Å²) in [6.45, 7) is 2.01. The summed E-state index contributed by atoms with van der Waals surface area (Å²) in [6, 6.07) is 5.40. The number of ether oxygens (including phenoxy) is 1. The number of carbonyl (C=O) groups is 1. The Balaban J connectivity index is 1.56. The lowest BCUT2D eigenvalue weighted by molar-refractivity contribution is 0.0948. The number of fused-ring (bicyclic) bond motifs is 1. The van der Waals surface area contributed by atoms with Crippen LogP contribution in [0.1, 0.15) is 22.7 Å². The van der Waals surface area contributed by atoms with Crippen molar-refractivity contribution in [3.63, 3.8) is 0 Å². The van der Waals surface area contributed by atoms with Crippen molar-refractivity contribution in [2.75, 3.05) is 13.2 Å². The highest BCUT2D eigenvalue weighted by molar-refractivity contribution is 5.92. The van der Waals surface area contributed by atoms with Gasteiger partial charge in [-0.15, -0.1) is 0 Å². The summed E-state index contributed by atoms with van der Waals surface area (Å²) in [5, 5.41) is 7.04. The van der Waals surface area contributed by atoms with Gasteiger partial charge in [0.2, 0.25) is 5.88 Å². The smallest absolute Gasteiger partial charge is 0.271 e. The SMILES string of the molecule is O=C(NCCc1ccco1)c1cc2n(n1)CCCO2. The highest BCUT2D eigenvalue weighted by Gasteiger charge is 2.17. The highest BCUT2D eigenvalue weighted by Crippen LogP contribution is 2.18. The normalized spacial score (nSPS) is 13.7. The monoisotopic (exact) mass is 261 g/mol. The second kappa shape index (κ2) is 5.17. The molecule has 1 aliphatic heterocycles. The van der Waals surface area contributed by atoms with E-state index in [0.29, 0.717) is 31.1 Å². The van der Waals surface area contributed by atoms with Crippen LogP contribution in [0.15, 0.2) is 28.9 Å². The molecule has 3 rings (SSSR count). The fourth-order valence-corrected chi connectivity index (χ4v) is 2.02. The Morgan fingerprint density at radius 2 is 2.47 bits per heavy atom. The first-order valence-electron chi connectivity index (χ1n) is 6.34. The molecule has 1 amide bonds. The molecular weight excluding hydrogens is 246 g/mol. The van der Waals surface area contributed by atoms with Crippen molar-refractivity contribution in [3.05, 3.63) is 35.9 Å². The second-order valence-corrected chi connectivity index (χ2v) is 4.38. The van der Waals surface area contributed by atoms with E-state index < -0.39 is 0 Å². The van der Waals surface area contributed by atoms with Crippen LogP contribution in [0.3, 0.4) is 0 Å². The molecule has 0 spiro atoms. The number of aromatic nitrogens is 2. The molecule has 0 saturated heterocycles. The Kier molecular flexibility index (Phi) is 3.22. The quantitative estimate of drug-likeness (QED) is 0.898. The van der Waals surface area contributed by atoms with Gasteiger partial charge in [0.15, 0.2) is 5.69 Å². The molecule has 2 aromatic rings. The summed E-state index contributed by atoms with van der Waals surface area (Å²) in [4.78, 5) is 11.9. The van der Waals surface area contributed by atoms with Gasteiger partial charge >= 0.3 is 0 Å². The minimum atomic E-state index is -0.183. The van der Waals surface area contributed by atoms with Crippen molar-refractivity contribution in [2.45, 2.75) is 19.4 Å². The third-order valence-electron chi connectivity index (χ3n) is 2.98. The van der Waals surface area contributed by atoms with Gasteiger partial charge in [0.1, 0.15) is 5.76 Å². The van der Waals surface area contributed by atoms with E-state index in [4.69, 9.17) is 9.15 Å². The topological polar surface area (TPSA) is 69.3 Å². The standard InChI is InChI=1S/C13H15N3O3/c17-13(14-5-4-10-3-1-7-18-10)11-9-12-16(15-11)6-2-8-19-12/h1,3,7,9H,2,4-6,8H2,(H,14,17). The van der Waals surface area contributed by atoms with Gasteiger partial charge in [-0.25, -0.2) is 4.68 Å². The third-order valence-corrected chi connectivity index (χ3v) is 2.98. The number of hydrogen-bond acceptors (Lipinski definition) is 4. The summed E-state index contributed by atoms with van der Waals surface area (Å²) in [7, 11) is 0. The molecule has 0 aliphatic carbocycles. The number of rotatable bonds is 4. The number of amides is 1. The largest absolute Gasteiger partial charge is 0.478 e. The van der Waals surface area contributed by atoms with E-state index >= 15 is 0 Å². The molecule has 19 heavy (non-hydrogen) atoms. The lowest BCUT2D eigenvalue weighted by atomic mass is 10.3. The highest BCUT2D eigenvalue weighted by atomic mass is 16.5. The van der Waals surface area contributed by atoms with Gasteiger partial charge in [-0.3, -0.25) is 4.79 Å². The Bertz CT molecular complexity index is 536. The maximum Gasteiger partial charge on any atom is 0.271 e. The number of hydrogen-bond donors (Lipinski definition) is 1. The van der Waals surface area contributed by atoms with Gasteiger partial charge in [0.05, 0.1) is 12.9 Å². The molecule has 0 unspecified atom stereocenters. The summed E-state index contributed by atoms with van der Waals surface area (Å²) in [6.07, 6.45) is 3.22. The van der Waals surface area contributed by atoms with Crippen LogP contribution >= 0.6 is 0 Å².